The Balaban J connectivity index is 0.000000452. The van der Waals surface area contributed by atoms with Crippen molar-refractivity contribution in [2.75, 3.05) is 31.1 Å². The molecule has 0 aromatic carbocycles. The smallest absolute Gasteiger partial charge is 0.116 e. The number of piperidine rings is 2. The van der Waals surface area contributed by atoms with Crippen LogP contribution in [0.1, 0.15) is 32.6 Å². The number of aromatic nitrogens is 1. The Morgan fingerprint density at radius 2 is 1.70 bits per heavy atom. The summed E-state index contributed by atoms with van der Waals surface area (Å²) in [6, 6.07) is 4.25. The molecule has 2 fully saturated rings. The molecule has 2 aliphatic heterocycles. The maximum absolute atomic E-state index is 8.81. The average molecular weight is 275 g/mol. The monoisotopic (exact) mass is 275 g/mol. The minimum Gasteiger partial charge on any atom is -0.371 e. The van der Waals surface area contributed by atoms with Crippen molar-refractivity contribution in [2.24, 2.45) is 5.41 Å². The van der Waals surface area contributed by atoms with E-state index in [9.17, 15) is 0 Å². The Morgan fingerprint density at radius 1 is 1.15 bits per heavy atom. The van der Waals surface area contributed by atoms with Crippen molar-refractivity contribution in [2.45, 2.75) is 32.6 Å². The summed E-state index contributed by atoms with van der Waals surface area (Å²) in [5.41, 5.74) is 1.98. The van der Waals surface area contributed by atoms with Crippen LogP contribution in [0.4, 0.5) is 5.69 Å². The van der Waals surface area contributed by atoms with Crippen LogP contribution < -0.4 is 10.2 Å². The van der Waals surface area contributed by atoms with Gasteiger partial charge in [-0.05, 0) is 63.2 Å². The average Bonchev–Trinajstić information content (AvgIpc) is 2.51. The molecule has 0 radical (unpaired) electrons. The number of nitrogens with one attached hydrogen (secondary N) is 1. The number of carbonyl (C=O) groups excluding carboxylic acids is 1. The molecule has 1 N–H and O–H groups in total. The van der Waals surface area contributed by atoms with Crippen molar-refractivity contribution in [3.05, 3.63) is 24.5 Å². The predicted octanol–water partition coefficient (Wildman–Crippen LogP) is 2.26. The molecule has 0 atom stereocenters. The van der Waals surface area contributed by atoms with Crippen LogP contribution in [0.2, 0.25) is 0 Å². The number of rotatable bonds is 1. The van der Waals surface area contributed by atoms with Gasteiger partial charge in [-0.1, -0.05) is 0 Å². The zero-order chi connectivity index (χ0) is 14.3. The highest BCUT2D eigenvalue weighted by Crippen LogP contribution is 2.40. The fraction of sp³-hybridized carbons (Fsp3) is 0.625. The molecule has 2 saturated heterocycles. The van der Waals surface area contributed by atoms with Crippen LogP contribution in [-0.2, 0) is 4.79 Å². The number of pyridine rings is 1. The van der Waals surface area contributed by atoms with Crippen LogP contribution in [0.15, 0.2) is 24.5 Å². The van der Waals surface area contributed by atoms with E-state index in [1.807, 2.05) is 12.4 Å². The van der Waals surface area contributed by atoms with Gasteiger partial charge in [0.05, 0.1) is 0 Å². The van der Waals surface area contributed by atoms with Gasteiger partial charge in [0.25, 0.3) is 0 Å². The van der Waals surface area contributed by atoms with Crippen molar-refractivity contribution >= 4 is 12.0 Å². The second kappa shape index (κ2) is 7.39. The van der Waals surface area contributed by atoms with Crippen LogP contribution in [-0.4, -0.2) is 37.4 Å². The van der Waals surface area contributed by atoms with Gasteiger partial charge in [0.1, 0.15) is 6.29 Å². The molecule has 1 spiro atoms. The molecular weight excluding hydrogens is 250 g/mol. The Kier molecular flexibility index (Phi) is 5.53. The normalized spacial score (nSPS) is 20.9. The largest absolute Gasteiger partial charge is 0.371 e. The summed E-state index contributed by atoms with van der Waals surface area (Å²) < 4.78 is 0. The third kappa shape index (κ3) is 3.79. The van der Waals surface area contributed by atoms with Crippen LogP contribution >= 0.6 is 0 Å². The van der Waals surface area contributed by atoms with Crippen molar-refractivity contribution in [1.29, 1.82) is 0 Å². The van der Waals surface area contributed by atoms with Gasteiger partial charge in [-0.25, -0.2) is 0 Å². The number of aldehydes is 1. The Bertz CT molecular complexity index is 391. The summed E-state index contributed by atoms with van der Waals surface area (Å²) in [6.45, 7) is 6.30. The number of hydrogen-bond donors (Lipinski definition) is 1. The molecule has 0 unspecified atom stereocenters. The van der Waals surface area contributed by atoms with Crippen molar-refractivity contribution in [3.63, 3.8) is 0 Å². The van der Waals surface area contributed by atoms with Gasteiger partial charge in [0.15, 0.2) is 0 Å². The van der Waals surface area contributed by atoms with Crippen LogP contribution in [0.25, 0.3) is 0 Å². The maximum atomic E-state index is 8.81. The van der Waals surface area contributed by atoms with Crippen LogP contribution in [0.5, 0.6) is 0 Å². The summed E-state index contributed by atoms with van der Waals surface area (Å²) in [6.07, 6.45) is 10.00. The van der Waals surface area contributed by atoms with Gasteiger partial charge >= 0.3 is 0 Å². The molecule has 0 aliphatic carbocycles. The van der Waals surface area contributed by atoms with E-state index < -0.39 is 0 Å². The molecule has 2 aliphatic rings. The lowest BCUT2D eigenvalue weighted by molar-refractivity contribution is -0.106. The standard InChI is InChI=1S/C14H21N3.C2H4O/c1-7-15-8-2-13(1)17-11-5-14(6-12-17)3-9-16-10-4-14;1-2-3/h1-2,7-8,16H,3-6,9-12H2;2H,1H3. The summed E-state index contributed by atoms with van der Waals surface area (Å²) in [5.74, 6) is 0. The molecule has 3 rings (SSSR count). The second-order valence-electron chi connectivity index (χ2n) is 5.68. The minimum absolute atomic E-state index is 0.648. The van der Waals surface area contributed by atoms with Crippen molar-refractivity contribution < 1.29 is 4.79 Å². The summed E-state index contributed by atoms with van der Waals surface area (Å²) in [5, 5.41) is 3.48. The fourth-order valence-corrected chi connectivity index (χ4v) is 3.25. The van der Waals surface area contributed by atoms with Crippen molar-refractivity contribution in [1.82, 2.24) is 10.3 Å². The van der Waals surface area contributed by atoms with Gasteiger partial charge in [-0.2, -0.15) is 0 Å². The first kappa shape index (κ1) is 15.0. The predicted molar refractivity (Wildman–Crippen MR) is 82.0 cm³/mol. The van der Waals surface area contributed by atoms with E-state index in [2.05, 4.69) is 27.3 Å². The van der Waals surface area contributed by atoms with Crippen LogP contribution in [0, 0.1) is 5.41 Å². The molecule has 110 valence electrons. The van der Waals surface area contributed by atoms with E-state index in [-0.39, 0.29) is 0 Å². The zero-order valence-electron chi connectivity index (χ0n) is 12.3. The molecule has 4 heteroatoms. The molecule has 20 heavy (non-hydrogen) atoms. The van der Waals surface area contributed by atoms with Crippen LogP contribution in [0.3, 0.4) is 0 Å². The third-order valence-corrected chi connectivity index (χ3v) is 4.52. The van der Waals surface area contributed by atoms with Gasteiger partial charge in [0, 0.05) is 31.2 Å². The minimum atomic E-state index is 0.648. The Hall–Kier alpha value is -1.42. The first-order valence-electron chi connectivity index (χ1n) is 7.55. The van der Waals surface area contributed by atoms with E-state index in [0.29, 0.717) is 5.41 Å². The lowest BCUT2D eigenvalue weighted by Crippen LogP contribution is -2.45. The van der Waals surface area contributed by atoms with Gasteiger partial charge in [-0.15, -0.1) is 0 Å². The lowest BCUT2D eigenvalue weighted by atomic mass is 9.71. The highest BCUT2D eigenvalue weighted by molar-refractivity contribution is 5.45. The third-order valence-electron chi connectivity index (χ3n) is 4.52. The molecule has 4 nitrogen and oxygen atoms in total. The Labute approximate surface area is 121 Å². The molecule has 1 aromatic rings. The molecule has 0 amide bonds. The van der Waals surface area contributed by atoms with E-state index in [4.69, 9.17) is 4.79 Å². The highest BCUT2D eigenvalue weighted by Gasteiger charge is 2.35. The van der Waals surface area contributed by atoms with Gasteiger partial charge in [-0.3, -0.25) is 4.98 Å². The summed E-state index contributed by atoms with van der Waals surface area (Å²) in [4.78, 5) is 15.4. The van der Waals surface area contributed by atoms with E-state index in [1.54, 1.807) is 0 Å². The molecule has 1 aromatic heterocycles. The number of anilines is 1. The number of hydrogen-bond acceptors (Lipinski definition) is 4. The maximum Gasteiger partial charge on any atom is 0.116 e. The molecular formula is C16H25N3O. The Morgan fingerprint density at radius 3 is 2.25 bits per heavy atom. The second-order valence-corrected chi connectivity index (χ2v) is 5.68. The molecule has 3 heterocycles. The highest BCUT2D eigenvalue weighted by atomic mass is 16.1. The summed E-state index contributed by atoms with van der Waals surface area (Å²) in [7, 11) is 0. The van der Waals surface area contributed by atoms with Crippen molar-refractivity contribution in [3.8, 4) is 0 Å². The van der Waals surface area contributed by atoms with E-state index in [0.717, 1.165) is 6.29 Å². The molecule has 0 bridgehead atoms. The molecule has 0 saturated carbocycles. The fourth-order valence-electron chi connectivity index (χ4n) is 3.25. The quantitative estimate of drug-likeness (QED) is 0.799. The van der Waals surface area contributed by atoms with Gasteiger partial charge in [0.2, 0.25) is 0 Å². The summed E-state index contributed by atoms with van der Waals surface area (Å²) >= 11 is 0. The number of carbonyl (C=O) groups is 1. The van der Waals surface area contributed by atoms with E-state index >= 15 is 0 Å². The topological polar surface area (TPSA) is 45.2 Å². The SMILES string of the molecule is CC=O.c1cc(N2CCC3(CCNCC3)CC2)ccn1. The first-order chi connectivity index (χ1) is 9.79. The lowest BCUT2D eigenvalue weighted by Gasteiger charge is -2.45. The van der Waals surface area contributed by atoms with Gasteiger partial charge < -0.3 is 15.0 Å². The number of nitrogens with zero attached hydrogens (tertiary/aromatic N) is 2. The first-order valence-corrected chi connectivity index (χ1v) is 7.55. The zero-order valence-corrected chi connectivity index (χ0v) is 12.3. The van der Waals surface area contributed by atoms with E-state index in [1.165, 1.54) is 64.5 Å².